The van der Waals surface area contributed by atoms with Crippen LogP contribution in [0.2, 0.25) is 0 Å². The highest BCUT2D eigenvalue weighted by Crippen LogP contribution is 2.24. The van der Waals surface area contributed by atoms with Gasteiger partial charge in [-0.2, -0.15) is 5.10 Å². The summed E-state index contributed by atoms with van der Waals surface area (Å²) in [7, 11) is -0.166. The standard InChI is InChI=1S/C20H22BFN4O3/c1-13(2)11-26(20-16-6-5-15(22)9-18(16)23-12-24-20)25-10-14-4-7-17(21(27)28)19(8-14)29-3/h4-10,12-13,27-28H,11H2,1-3H3/b25-10+. The molecule has 150 valence electrons. The van der Waals surface area contributed by atoms with Crippen molar-refractivity contribution in [3.63, 3.8) is 0 Å². The quantitative estimate of drug-likeness (QED) is 0.361. The van der Waals surface area contributed by atoms with E-state index in [0.717, 1.165) is 0 Å². The first-order valence-corrected chi connectivity index (χ1v) is 9.15. The topological polar surface area (TPSA) is 91.1 Å². The predicted molar refractivity (Wildman–Crippen MR) is 112 cm³/mol. The van der Waals surface area contributed by atoms with Crippen LogP contribution in [0.5, 0.6) is 5.75 Å². The smallest absolute Gasteiger partial charge is 0.492 e. The van der Waals surface area contributed by atoms with Gasteiger partial charge in [-0.1, -0.05) is 26.0 Å². The van der Waals surface area contributed by atoms with Crippen LogP contribution in [0.15, 0.2) is 47.8 Å². The van der Waals surface area contributed by atoms with Crippen LogP contribution in [0, 0.1) is 11.7 Å². The molecule has 0 saturated carbocycles. The van der Waals surface area contributed by atoms with Crippen molar-refractivity contribution in [1.82, 2.24) is 9.97 Å². The maximum atomic E-state index is 13.6. The number of benzene rings is 2. The lowest BCUT2D eigenvalue weighted by molar-refractivity contribution is 0.403. The van der Waals surface area contributed by atoms with E-state index >= 15 is 0 Å². The summed E-state index contributed by atoms with van der Waals surface area (Å²) >= 11 is 0. The van der Waals surface area contributed by atoms with Crippen molar-refractivity contribution in [2.24, 2.45) is 11.0 Å². The fourth-order valence-corrected chi connectivity index (χ4v) is 2.91. The molecule has 0 aliphatic heterocycles. The second-order valence-corrected chi connectivity index (χ2v) is 6.95. The Morgan fingerprint density at radius 1 is 1.21 bits per heavy atom. The number of nitrogens with zero attached hydrogens (tertiary/aromatic N) is 4. The number of rotatable bonds is 7. The average molecular weight is 396 g/mol. The van der Waals surface area contributed by atoms with Gasteiger partial charge < -0.3 is 14.8 Å². The van der Waals surface area contributed by atoms with Gasteiger partial charge in [-0.3, -0.25) is 0 Å². The second kappa shape index (κ2) is 8.98. The summed E-state index contributed by atoms with van der Waals surface area (Å²) in [5, 5.41) is 25.8. The fraction of sp³-hybridized carbons (Fsp3) is 0.250. The van der Waals surface area contributed by atoms with Gasteiger partial charge in [0.15, 0.2) is 5.82 Å². The van der Waals surface area contributed by atoms with Gasteiger partial charge in [0.25, 0.3) is 0 Å². The molecule has 0 aliphatic rings. The third kappa shape index (κ3) is 4.88. The Labute approximate surface area is 168 Å². The molecular weight excluding hydrogens is 374 g/mol. The first kappa shape index (κ1) is 20.7. The normalized spacial score (nSPS) is 11.4. The van der Waals surface area contributed by atoms with Gasteiger partial charge in [0.2, 0.25) is 0 Å². The molecule has 0 saturated heterocycles. The maximum absolute atomic E-state index is 13.6. The fourth-order valence-electron chi connectivity index (χ4n) is 2.91. The van der Waals surface area contributed by atoms with Crippen molar-refractivity contribution >= 4 is 35.5 Å². The first-order valence-electron chi connectivity index (χ1n) is 9.15. The molecule has 3 aromatic rings. The highest BCUT2D eigenvalue weighted by molar-refractivity contribution is 6.59. The summed E-state index contributed by atoms with van der Waals surface area (Å²) in [5.41, 5.74) is 1.49. The minimum atomic E-state index is -1.62. The molecule has 7 nitrogen and oxygen atoms in total. The van der Waals surface area contributed by atoms with E-state index in [0.29, 0.717) is 40.5 Å². The van der Waals surface area contributed by atoms with E-state index in [-0.39, 0.29) is 11.3 Å². The molecule has 9 heteroatoms. The van der Waals surface area contributed by atoms with Gasteiger partial charge in [-0.25, -0.2) is 19.4 Å². The first-order chi connectivity index (χ1) is 13.9. The van der Waals surface area contributed by atoms with Gasteiger partial charge in [0.1, 0.15) is 17.9 Å². The van der Waals surface area contributed by atoms with Crippen molar-refractivity contribution in [3.05, 3.63) is 54.1 Å². The van der Waals surface area contributed by atoms with Crippen LogP contribution in [0.1, 0.15) is 19.4 Å². The predicted octanol–water partition coefficient (Wildman–Crippen LogP) is 1.95. The summed E-state index contributed by atoms with van der Waals surface area (Å²) in [6, 6.07) is 9.32. The number of aromatic nitrogens is 2. The van der Waals surface area contributed by atoms with E-state index in [2.05, 4.69) is 28.9 Å². The number of halogens is 1. The van der Waals surface area contributed by atoms with E-state index in [1.54, 1.807) is 35.5 Å². The van der Waals surface area contributed by atoms with Crippen LogP contribution in [0.25, 0.3) is 10.9 Å². The highest BCUT2D eigenvalue weighted by atomic mass is 19.1. The third-order valence-electron chi connectivity index (χ3n) is 4.24. The summed E-state index contributed by atoms with van der Waals surface area (Å²) in [4.78, 5) is 8.50. The lowest BCUT2D eigenvalue weighted by Crippen LogP contribution is -2.31. The Morgan fingerprint density at radius 2 is 2.00 bits per heavy atom. The average Bonchev–Trinajstić information content (AvgIpc) is 2.69. The number of hydrogen-bond donors (Lipinski definition) is 2. The van der Waals surface area contributed by atoms with E-state index in [1.807, 2.05) is 0 Å². The lowest BCUT2D eigenvalue weighted by atomic mass is 9.79. The molecule has 0 bridgehead atoms. The molecule has 2 aromatic carbocycles. The number of methoxy groups -OCH3 is 1. The number of fused-ring (bicyclic) bond motifs is 1. The monoisotopic (exact) mass is 396 g/mol. The van der Waals surface area contributed by atoms with Crippen LogP contribution in [0.3, 0.4) is 0 Å². The van der Waals surface area contributed by atoms with E-state index in [4.69, 9.17) is 4.74 Å². The molecule has 1 aromatic heterocycles. The largest absolute Gasteiger partial charge is 0.497 e. The molecule has 3 rings (SSSR count). The van der Waals surface area contributed by atoms with Crippen LogP contribution < -0.4 is 15.2 Å². The van der Waals surface area contributed by atoms with Crippen LogP contribution in [0.4, 0.5) is 10.2 Å². The lowest BCUT2D eigenvalue weighted by Gasteiger charge is -2.21. The summed E-state index contributed by atoms with van der Waals surface area (Å²) in [5.74, 6) is 0.856. The van der Waals surface area contributed by atoms with Gasteiger partial charge >= 0.3 is 7.12 Å². The molecule has 0 spiro atoms. The van der Waals surface area contributed by atoms with Gasteiger partial charge in [-0.05, 0) is 29.7 Å². The molecule has 2 N–H and O–H groups in total. The molecule has 0 radical (unpaired) electrons. The number of anilines is 1. The maximum Gasteiger partial charge on any atom is 0.492 e. The van der Waals surface area contributed by atoms with Crippen LogP contribution in [-0.2, 0) is 0 Å². The zero-order valence-corrected chi connectivity index (χ0v) is 16.5. The van der Waals surface area contributed by atoms with Crippen molar-refractivity contribution < 1.29 is 19.2 Å². The Kier molecular flexibility index (Phi) is 6.41. The molecule has 0 atom stereocenters. The second-order valence-electron chi connectivity index (χ2n) is 6.95. The molecular formula is C20H22BFN4O3. The number of ether oxygens (including phenoxy) is 1. The zero-order chi connectivity index (χ0) is 21.0. The van der Waals surface area contributed by atoms with Gasteiger partial charge in [0, 0.05) is 23.5 Å². The molecule has 0 amide bonds. The third-order valence-corrected chi connectivity index (χ3v) is 4.24. The van der Waals surface area contributed by atoms with Crippen molar-refractivity contribution in [2.75, 3.05) is 18.7 Å². The Hall–Kier alpha value is -3.04. The highest BCUT2D eigenvalue weighted by Gasteiger charge is 2.17. The van der Waals surface area contributed by atoms with Gasteiger partial charge in [-0.15, -0.1) is 0 Å². The minimum absolute atomic E-state index is 0.271. The summed E-state index contributed by atoms with van der Waals surface area (Å²) < 4.78 is 18.8. The summed E-state index contributed by atoms with van der Waals surface area (Å²) in [6.45, 7) is 4.71. The molecule has 0 aliphatic carbocycles. The van der Waals surface area contributed by atoms with E-state index in [1.165, 1.54) is 25.6 Å². The van der Waals surface area contributed by atoms with Gasteiger partial charge in [0.05, 0.1) is 18.8 Å². The Morgan fingerprint density at radius 3 is 2.69 bits per heavy atom. The summed E-state index contributed by atoms with van der Waals surface area (Å²) in [6.07, 6.45) is 3.02. The van der Waals surface area contributed by atoms with E-state index in [9.17, 15) is 14.4 Å². The molecule has 29 heavy (non-hydrogen) atoms. The van der Waals surface area contributed by atoms with Crippen molar-refractivity contribution in [2.45, 2.75) is 13.8 Å². The molecule has 0 fully saturated rings. The zero-order valence-electron chi connectivity index (χ0n) is 16.5. The molecule has 1 heterocycles. The Bertz CT molecular complexity index is 1030. The Balaban J connectivity index is 1.99. The SMILES string of the molecule is COc1cc(/C=N/N(CC(C)C)c2ncnc3cc(F)ccc23)ccc1B(O)O. The van der Waals surface area contributed by atoms with E-state index < -0.39 is 7.12 Å². The number of hydrazone groups is 1. The minimum Gasteiger partial charge on any atom is -0.497 e. The molecule has 0 unspecified atom stereocenters. The van der Waals surface area contributed by atoms with Crippen LogP contribution in [-0.4, -0.2) is 47.0 Å². The van der Waals surface area contributed by atoms with Crippen molar-refractivity contribution in [1.29, 1.82) is 0 Å². The van der Waals surface area contributed by atoms with Crippen LogP contribution >= 0.6 is 0 Å². The van der Waals surface area contributed by atoms with Crippen molar-refractivity contribution in [3.8, 4) is 5.75 Å². The number of hydrogen-bond acceptors (Lipinski definition) is 7.